The van der Waals surface area contributed by atoms with Gasteiger partial charge in [0.15, 0.2) is 5.54 Å². The number of nitrogens with zero attached hydrogens (tertiary/aromatic N) is 4. The molecule has 0 spiro atoms. The van der Waals surface area contributed by atoms with Crippen LogP contribution < -0.4 is 0 Å². The average molecular weight is 413 g/mol. The molecule has 0 amide bonds. The van der Waals surface area contributed by atoms with E-state index >= 15 is 0 Å². The van der Waals surface area contributed by atoms with Gasteiger partial charge in [-0.15, -0.1) is 16.2 Å². The summed E-state index contributed by atoms with van der Waals surface area (Å²) in [6.07, 6.45) is 4.79. The number of nitroso groups, excluding NO2 is 1. The fourth-order valence-corrected chi connectivity index (χ4v) is 4.45. The van der Waals surface area contributed by atoms with Gasteiger partial charge in [0, 0.05) is 30.6 Å². The fourth-order valence-electron chi connectivity index (χ4n) is 3.22. The lowest BCUT2D eigenvalue weighted by Crippen LogP contribution is -2.39. The predicted molar refractivity (Wildman–Crippen MR) is 119 cm³/mol. The van der Waals surface area contributed by atoms with Gasteiger partial charge >= 0.3 is 0 Å². The monoisotopic (exact) mass is 412 g/mol. The lowest BCUT2D eigenvalue weighted by Gasteiger charge is -2.33. The van der Waals surface area contributed by atoms with Crippen LogP contribution >= 0.6 is 11.3 Å². The molecule has 152 valence electrons. The number of likely N-dealkylation sites (tertiary alicyclic amines) is 1. The molecule has 1 saturated heterocycles. The minimum atomic E-state index is -0.827. The first-order chi connectivity index (χ1) is 13.8. The van der Waals surface area contributed by atoms with E-state index in [1.807, 2.05) is 27.0 Å². The molecular weight excluding hydrogens is 387 g/mol. The second-order valence-corrected chi connectivity index (χ2v) is 8.55. The number of allylic oxidation sites excluding steroid dienone is 2. The van der Waals surface area contributed by atoms with Gasteiger partial charge in [0.2, 0.25) is 0 Å². The Balaban J connectivity index is 2.07. The molecule has 1 aromatic carbocycles. The highest BCUT2D eigenvalue weighted by atomic mass is 32.1. The Labute approximate surface area is 174 Å². The van der Waals surface area contributed by atoms with E-state index in [2.05, 4.69) is 21.6 Å². The molecule has 2 heterocycles. The van der Waals surface area contributed by atoms with Gasteiger partial charge in [0.1, 0.15) is 10.8 Å². The number of halogens is 1. The molecule has 1 aliphatic heterocycles. The molecule has 0 aliphatic carbocycles. The molecule has 7 heteroatoms. The first kappa shape index (κ1) is 21.2. The summed E-state index contributed by atoms with van der Waals surface area (Å²) in [6.45, 7) is 9.58. The van der Waals surface area contributed by atoms with E-state index in [0.29, 0.717) is 23.5 Å². The number of benzene rings is 1. The number of piperidine rings is 1. The Morgan fingerprint density at radius 2 is 1.93 bits per heavy atom. The second-order valence-electron chi connectivity index (χ2n) is 7.55. The Morgan fingerprint density at radius 3 is 2.52 bits per heavy atom. The van der Waals surface area contributed by atoms with Gasteiger partial charge in [-0.1, -0.05) is 11.8 Å². The van der Waals surface area contributed by atoms with E-state index in [1.165, 1.54) is 23.5 Å². The van der Waals surface area contributed by atoms with Gasteiger partial charge in [0.05, 0.1) is 10.6 Å². The van der Waals surface area contributed by atoms with E-state index in [1.54, 1.807) is 18.3 Å². The molecular formula is C22H25FN4OS. The minimum Gasteiger partial charge on any atom is -0.306 e. The van der Waals surface area contributed by atoms with Crippen molar-refractivity contribution in [2.24, 2.45) is 10.2 Å². The smallest absolute Gasteiger partial charge is 0.156 e. The second kappa shape index (κ2) is 8.88. The van der Waals surface area contributed by atoms with Crippen LogP contribution in [-0.2, 0) is 5.54 Å². The zero-order valence-electron chi connectivity index (χ0n) is 17.0. The van der Waals surface area contributed by atoms with Crippen molar-refractivity contribution in [1.29, 1.82) is 0 Å². The molecule has 5 nitrogen and oxygen atoms in total. The molecule has 0 radical (unpaired) electrons. The summed E-state index contributed by atoms with van der Waals surface area (Å²) < 4.78 is 13.4. The van der Waals surface area contributed by atoms with Crippen molar-refractivity contribution in [2.75, 3.05) is 20.1 Å². The van der Waals surface area contributed by atoms with Crippen LogP contribution in [0.2, 0.25) is 0 Å². The molecule has 0 N–H and O–H groups in total. The third-order valence-corrected chi connectivity index (χ3v) is 6.36. The van der Waals surface area contributed by atoms with Gasteiger partial charge in [-0.05, 0) is 69.7 Å². The quantitative estimate of drug-likeness (QED) is 0.350. The summed E-state index contributed by atoms with van der Waals surface area (Å²) in [6, 6.07) is 6.20. The Bertz CT molecular complexity index is 950. The molecule has 1 aromatic heterocycles. The summed E-state index contributed by atoms with van der Waals surface area (Å²) in [5.74, 6) is -0.307. The molecule has 1 aliphatic rings. The highest BCUT2D eigenvalue weighted by molar-refractivity contribution is 7.13. The van der Waals surface area contributed by atoms with Crippen LogP contribution in [-0.4, -0.2) is 35.7 Å². The average Bonchev–Trinajstić information content (AvgIpc) is 3.15. The van der Waals surface area contributed by atoms with Crippen LogP contribution in [0.5, 0.6) is 0 Å². The summed E-state index contributed by atoms with van der Waals surface area (Å²) >= 11 is 1.44. The highest BCUT2D eigenvalue weighted by Gasteiger charge is 2.40. The van der Waals surface area contributed by atoms with Crippen LogP contribution in [0.3, 0.4) is 0 Å². The number of hydrogen-bond donors (Lipinski definition) is 0. The van der Waals surface area contributed by atoms with Crippen LogP contribution in [0, 0.1) is 10.7 Å². The van der Waals surface area contributed by atoms with Crippen molar-refractivity contribution in [1.82, 2.24) is 9.88 Å². The maximum absolute atomic E-state index is 13.4. The molecule has 0 atom stereocenters. The maximum atomic E-state index is 13.4. The SMILES string of the molecule is C=C(/C=C\N=C(C)C)c1sc(C2(N=O)CCN(C)CC2)nc1-c1ccc(F)cc1. The molecule has 0 bridgehead atoms. The summed E-state index contributed by atoms with van der Waals surface area (Å²) in [4.78, 5) is 24.0. The van der Waals surface area contributed by atoms with Gasteiger partial charge < -0.3 is 4.90 Å². The lowest BCUT2D eigenvalue weighted by atomic mass is 9.89. The molecule has 2 aromatic rings. The van der Waals surface area contributed by atoms with Crippen molar-refractivity contribution in [3.63, 3.8) is 0 Å². The van der Waals surface area contributed by atoms with Gasteiger partial charge in [-0.25, -0.2) is 9.37 Å². The Hall–Kier alpha value is -2.51. The molecule has 0 saturated carbocycles. The minimum absolute atomic E-state index is 0.307. The first-order valence-electron chi connectivity index (χ1n) is 9.52. The molecule has 1 fully saturated rings. The van der Waals surface area contributed by atoms with Crippen LogP contribution in [0.25, 0.3) is 16.8 Å². The first-order valence-corrected chi connectivity index (χ1v) is 10.3. The van der Waals surface area contributed by atoms with E-state index in [9.17, 15) is 9.30 Å². The molecule has 29 heavy (non-hydrogen) atoms. The van der Waals surface area contributed by atoms with E-state index in [4.69, 9.17) is 4.98 Å². The fraction of sp³-hybridized carbons (Fsp3) is 0.364. The zero-order chi connectivity index (χ0) is 21.0. The van der Waals surface area contributed by atoms with Crippen molar-refractivity contribution in [3.8, 4) is 11.3 Å². The highest BCUT2D eigenvalue weighted by Crippen LogP contribution is 2.43. The largest absolute Gasteiger partial charge is 0.306 e. The van der Waals surface area contributed by atoms with Crippen molar-refractivity contribution >= 4 is 22.6 Å². The van der Waals surface area contributed by atoms with Crippen LogP contribution in [0.1, 0.15) is 36.6 Å². The molecule has 0 unspecified atom stereocenters. The van der Waals surface area contributed by atoms with E-state index in [-0.39, 0.29) is 5.82 Å². The summed E-state index contributed by atoms with van der Waals surface area (Å²) in [5, 5.41) is 4.23. The lowest BCUT2D eigenvalue weighted by molar-refractivity contribution is 0.191. The number of rotatable bonds is 6. The topological polar surface area (TPSA) is 57.9 Å². The normalized spacial score (nSPS) is 16.7. The third kappa shape index (κ3) is 4.74. The maximum Gasteiger partial charge on any atom is 0.156 e. The summed E-state index contributed by atoms with van der Waals surface area (Å²) in [5.41, 5.74) is 2.33. The number of aromatic nitrogens is 1. The molecule has 3 rings (SSSR count). The summed E-state index contributed by atoms with van der Waals surface area (Å²) in [7, 11) is 2.04. The number of hydrogen-bond acceptors (Lipinski definition) is 6. The number of aliphatic imine (C=N–C) groups is 1. The van der Waals surface area contributed by atoms with E-state index < -0.39 is 5.54 Å². The Morgan fingerprint density at radius 1 is 1.28 bits per heavy atom. The van der Waals surface area contributed by atoms with E-state index in [0.717, 1.165) is 34.8 Å². The van der Waals surface area contributed by atoms with Gasteiger partial charge in [0.25, 0.3) is 0 Å². The zero-order valence-corrected chi connectivity index (χ0v) is 17.8. The van der Waals surface area contributed by atoms with Gasteiger partial charge in [-0.3, -0.25) is 4.99 Å². The predicted octanol–water partition coefficient (Wildman–Crippen LogP) is 5.64. The van der Waals surface area contributed by atoms with Gasteiger partial charge in [-0.2, -0.15) is 0 Å². The van der Waals surface area contributed by atoms with Crippen LogP contribution in [0.4, 0.5) is 4.39 Å². The Kier molecular flexibility index (Phi) is 6.49. The van der Waals surface area contributed by atoms with Crippen molar-refractivity contribution in [3.05, 3.63) is 63.7 Å². The van der Waals surface area contributed by atoms with Crippen molar-refractivity contribution in [2.45, 2.75) is 32.2 Å². The third-order valence-electron chi connectivity index (χ3n) is 5.03. The standard InChI is InChI=1S/C22H25FN4OS/c1-15(2)24-12-9-16(3)20-19(17-5-7-18(23)8-6-17)25-21(29-20)22(26-28)10-13-27(4)14-11-22/h5-9,12H,3,10-11,13-14H2,1-2,4H3/b12-9-. The van der Waals surface area contributed by atoms with Crippen LogP contribution in [0.15, 0.2) is 53.3 Å². The number of thiazole rings is 1. The van der Waals surface area contributed by atoms with Crippen molar-refractivity contribution < 1.29 is 4.39 Å².